The molecule has 128 valence electrons. The molecule has 1 amide bonds. The molecule has 6 nitrogen and oxygen atoms in total. The minimum Gasteiger partial charge on any atom is -0.504 e. The van der Waals surface area contributed by atoms with Crippen LogP contribution in [0, 0.1) is 0 Å². The standard InChI is InChI=1S/C18H21NO5/c1-5-19-11(3)15(18(22)23-4)13(17(19)21)10-12-8-7-9-14(16(12)20)24-6-2/h7-10,20H,5-6H2,1-4H3/b13-10-. The Hall–Kier alpha value is -2.76. The number of carbonyl (C=O) groups is 2. The Balaban J connectivity index is 2.57. The van der Waals surface area contributed by atoms with Gasteiger partial charge in [0.2, 0.25) is 0 Å². The number of hydrogen-bond donors (Lipinski definition) is 1. The number of rotatable bonds is 5. The maximum Gasteiger partial charge on any atom is 0.340 e. The third kappa shape index (κ3) is 2.99. The highest BCUT2D eigenvalue weighted by molar-refractivity contribution is 6.16. The number of nitrogens with zero attached hydrogens (tertiary/aromatic N) is 1. The molecule has 0 saturated carbocycles. The number of aromatic hydroxyl groups is 1. The number of methoxy groups -OCH3 is 1. The smallest absolute Gasteiger partial charge is 0.340 e. The van der Waals surface area contributed by atoms with E-state index >= 15 is 0 Å². The minimum atomic E-state index is -0.580. The molecule has 2 rings (SSSR count). The summed E-state index contributed by atoms with van der Waals surface area (Å²) in [5.41, 5.74) is 1.35. The van der Waals surface area contributed by atoms with Gasteiger partial charge in [-0.15, -0.1) is 0 Å². The van der Waals surface area contributed by atoms with E-state index in [1.54, 1.807) is 25.1 Å². The van der Waals surface area contributed by atoms with Crippen LogP contribution in [-0.2, 0) is 14.3 Å². The van der Waals surface area contributed by atoms with Crippen molar-refractivity contribution in [3.8, 4) is 11.5 Å². The molecule has 1 aliphatic heterocycles. The van der Waals surface area contributed by atoms with E-state index < -0.39 is 5.97 Å². The molecule has 1 heterocycles. The molecule has 1 aromatic carbocycles. The Kier molecular flexibility index (Phi) is 5.28. The summed E-state index contributed by atoms with van der Waals surface area (Å²) in [4.78, 5) is 26.2. The van der Waals surface area contributed by atoms with E-state index in [0.717, 1.165) is 0 Å². The van der Waals surface area contributed by atoms with Crippen molar-refractivity contribution in [3.63, 3.8) is 0 Å². The number of amides is 1. The Labute approximate surface area is 141 Å². The van der Waals surface area contributed by atoms with Gasteiger partial charge in [0.25, 0.3) is 5.91 Å². The summed E-state index contributed by atoms with van der Waals surface area (Å²) in [6.07, 6.45) is 1.49. The first-order valence-corrected chi connectivity index (χ1v) is 7.74. The van der Waals surface area contributed by atoms with E-state index in [9.17, 15) is 14.7 Å². The number of likely N-dealkylation sites (N-methyl/N-ethyl adjacent to an activating group) is 1. The summed E-state index contributed by atoms with van der Waals surface area (Å²) in [6.45, 7) is 6.18. The van der Waals surface area contributed by atoms with Crippen LogP contribution in [-0.4, -0.2) is 42.1 Å². The second-order valence-corrected chi connectivity index (χ2v) is 5.19. The Bertz CT molecular complexity index is 733. The lowest BCUT2D eigenvalue weighted by Gasteiger charge is -2.14. The first-order valence-electron chi connectivity index (χ1n) is 7.74. The molecule has 0 spiro atoms. The third-order valence-electron chi connectivity index (χ3n) is 3.85. The molecule has 24 heavy (non-hydrogen) atoms. The van der Waals surface area contributed by atoms with Crippen molar-refractivity contribution in [2.24, 2.45) is 0 Å². The van der Waals surface area contributed by atoms with E-state index in [1.807, 2.05) is 13.8 Å². The summed E-state index contributed by atoms with van der Waals surface area (Å²) in [6, 6.07) is 5.00. The largest absolute Gasteiger partial charge is 0.504 e. The Morgan fingerprint density at radius 2 is 2.04 bits per heavy atom. The highest BCUT2D eigenvalue weighted by Crippen LogP contribution is 2.35. The molecule has 0 radical (unpaired) electrons. The molecule has 0 aliphatic carbocycles. The van der Waals surface area contributed by atoms with Gasteiger partial charge in [-0.3, -0.25) is 4.79 Å². The second-order valence-electron chi connectivity index (χ2n) is 5.19. The van der Waals surface area contributed by atoms with Gasteiger partial charge in [0.1, 0.15) is 0 Å². The fourth-order valence-corrected chi connectivity index (χ4v) is 2.69. The quantitative estimate of drug-likeness (QED) is 0.663. The van der Waals surface area contributed by atoms with Crippen LogP contribution < -0.4 is 4.74 Å². The van der Waals surface area contributed by atoms with E-state index in [1.165, 1.54) is 18.1 Å². The van der Waals surface area contributed by atoms with Crippen molar-refractivity contribution in [2.75, 3.05) is 20.3 Å². The van der Waals surface area contributed by atoms with Crippen molar-refractivity contribution in [1.29, 1.82) is 0 Å². The molecule has 0 bridgehead atoms. The molecule has 6 heteroatoms. The zero-order valence-electron chi connectivity index (χ0n) is 14.3. The van der Waals surface area contributed by atoms with Crippen molar-refractivity contribution in [1.82, 2.24) is 4.90 Å². The second kappa shape index (κ2) is 7.21. The van der Waals surface area contributed by atoms with Crippen LogP contribution in [0.25, 0.3) is 6.08 Å². The monoisotopic (exact) mass is 331 g/mol. The lowest BCUT2D eigenvalue weighted by molar-refractivity contribution is -0.136. The lowest BCUT2D eigenvalue weighted by Crippen LogP contribution is -2.24. The number of phenols is 1. The third-order valence-corrected chi connectivity index (χ3v) is 3.85. The lowest BCUT2D eigenvalue weighted by atomic mass is 10.0. The average molecular weight is 331 g/mol. The van der Waals surface area contributed by atoms with Crippen LogP contribution >= 0.6 is 0 Å². The topological polar surface area (TPSA) is 76.1 Å². The fourth-order valence-electron chi connectivity index (χ4n) is 2.69. The van der Waals surface area contributed by atoms with Gasteiger partial charge in [-0.2, -0.15) is 0 Å². The number of allylic oxidation sites excluding steroid dienone is 1. The highest BCUT2D eigenvalue weighted by Gasteiger charge is 2.36. The summed E-state index contributed by atoms with van der Waals surface area (Å²) >= 11 is 0. The van der Waals surface area contributed by atoms with Gasteiger partial charge in [-0.25, -0.2) is 4.79 Å². The van der Waals surface area contributed by atoms with Gasteiger partial charge in [0.05, 0.1) is 24.9 Å². The van der Waals surface area contributed by atoms with Gasteiger partial charge >= 0.3 is 5.97 Å². The van der Waals surface area contributed by atoms with Crippen LogP contribution in [0.1, 0.15) is 26.3 Å². The molecule has 0 unspecified atom stereocenters. The Morgan fingerprint density at radius 3 is 2.62 bits per heavy atom. The molecule has 0 fully saturated rings. The van der Waals surface area contributed by atoms with Gasteiger partial charge in [-0.05, 0) is 32.9 Å². The van der Waals surface area contributed by atoms with Crippen LogP contribution in [0.15, 0.2) is 35.0 Å². The van der Waals surface area contributed by atoms with Crippen molar-refractivity contribution in [2.45, 2.75) is 20.8 Å². The highest BCUT2D eigenvalue weighted by atomic mass is 16.5. The molecular weight excluding hydrogens is 310 g/mol. The van der Waals surface area contributed by atoms with Gasteiger partial charge in [0, 0.05) is 17.8 Å². The zero-order valence-corrected chi connectivity index (χ0v) is 14.3. The first kappa shape index (κ1) is 17.6. The summed E-state index contributed by atoms with van der Waals surface area (Å²) < 4.78 is 10.2. The molecule has 1 aromatic rings. The molecule has 0 aromatic heterocycles. The summed E-state index contributed by atoms with van der Waals surface area (Å²) in [7, 11) is 1.27. The minimum absolute atomic E-state index is 0.0727. The van der Waals surface area contributed by atoms with Crippen molar-refractivity contribution < 1.29 is 24.2 Å². The molecule has 0 saturated heterocycles. The van der Waals surface area contributed by atoms with E-state index in [-0.39, 0.29) is 22.8 Å². The van der Waals surface area contributed by atoms with Crippen LogP contribution in [0.5, 0.6) is 11.5 Å². The maximum absolute atomic E-state index is 12.6. The maximum atomic E-state index is 12.6. The molecular formula is C18H21NO5. The van der Waals surface area contributed by atoms with Crippen molar-refractivity contribution in [3.05, 3.63) is 40.6 Å². The van der Waals surface area contributed by atoms with Gasteiger partial charge < -0.3 is 19.5 Å². The van der Waals surface area contributed by atoms with Crippen LogP contribution in [0.2, 0.25) is 0 Å². The van der Waals surface area contributed by atoms with Gasteiger partial charge in [-0.1, -0.05) is 12.1 Å². The van der Waals surface area contributed by atoms with E-state index in [4.69, 9.17) is 9.47 Å². The predicted molar refractivity (Wildman–Crippen MR) is 89.4 cm³/mol. The Morgan fingerprint density at radius 1 is 1.33 bits per heavy atom. The summed E-state index contributed by atoms with van der Waals surface area (Å²) in [5.74, 6) is -0.624. The fraction of sp³-hybridized carbons (Fsp3) is 0.333. The predicted octanol–water partition coefficient (Wildman–Crippen LogP) is 2.48. The van der Waals surface area contributed by atoms with Crippen molar-refractivity contribution >= 4 is 18.0 Å². The molecule has 1 aliphatic rings. The SMILES string of the molecule is CCOc1cccc(/C=C2\C(=O)N(CC)C(C)=C2C(=O)OC)c1O. The van der Waals surface area contributed by atoms with E-state index in [0.29, 0.717) is 30.2 Å². The number of carbonyl (C=O) groups excluding carboxylic acids is 2. The zero-order chi connectivity index (χ0) is 17.9. The van der Waals surface area contributed by atoms with Crippen LogP contribution in [0.3, 0.4) is 0 Å². The average Bonchev–Trinajstić information content (AvgIpc) is 2.80. The van der Waals surface area contributed by atoms with Gasteiger partial charge in [0.15, 0.2) is 11.5 Å². The van der Waals surface area contributed by atoms with E-state index in [2.05, 4.69) is 0 Å². The molecule has 1 N–H and O–H groups in total. The number of esters is 1. The van der Waals surface area contributed by atoms with Crippen LogP contribution in [0.4, 0.5) is 0 Å². The number of benzene rings is 1. The normalized spacial score (nSPS) is 16.1. The summed E-state index contributed by atoms with van der Waals surface area (Å²) in [5, 5.41) is 10.3. The number of ether oxygens (including phenoxy) is 2. The molecule has 0 atom stereocenters. The number of phenolic OH excluding ortho intramolecular Hbond substituents is 1. The number of hydrogen-bond acceptors (Lipinski definition) is 5. The first-order chi connectivity index (χ1) is 11.5. The number of para-hydroxylation sites is 1.